The quantitative estimate of drug-likeness (QED) is 0.727. The Bertz CT molecular complexity index is 816. The predicted octanol–water partition coefficient (Wildman–Crippen LogP) is 3.79. The second-order valence-electron chi connectivity index (χ2n) is 4.28. The predicted molar refractivity (Wildman–Crippen MR) is 84.1 cm³/mol. The first-order chi connectivity index (χ1) is 10.3. The summed E-state index contributed by atoms with van der Waals surface area (Å²) in [5.74, 6) is 0.807. The van der Waals surface area contributed by atoms with Gasteiger partial charge in [-0.25, -0.2) is 0 Å². The Labute approximate surface area is 129 Å². The fourth-order valence-corrected chi connectivity index (χ4v) is 2.24. The van der Waals surface area contributed by atoms with E-state index in [4.69, 9.17) is 4.74 Å². The molecule has 3 rings (SSSR count). The lowest BCUT2D eigenvalue weighted by molar-refractivity contribution is 0.465. The summed E-state index contributed by atoms with van der Waals surface area (Å²) in [7, 11) is 0. The maximum absolute atomic E-state index is 12.4. The second-order valence-corrected chi connectivity index (χ2v) is 5.13. The molecule has 0 radical (unpaired) electrons. The minimum atomic E-state index is -0.306. The summed E-state index contributed by atoms with van der Waals surface area (Å²) in [6.07, 6.45) is 1.54. The average Bonchev–Trinajstić information content (AvgIpc) is 2.52. The number of para-hydroxylation sites is 2. The smallest absolute Gasteiger partial charge is 0.314 e. The van der Waals surface area contributed by atoms with Gasteiger partial charge in [0.1, 0.15) is 5.75 Å². The van der Waals surface area contributed by atoms with Crippen LogP contribution in [0.15, 0.2) is 76.1 Å². The Hall–Kier alpha value is -2.40. The molecule has 21 heavy (non-hydrogen) atoms. The van der Waals surface area contributed by atoms with Crippen molar-refractivity contribution in [2.24, 2.45) is 0 Å². The van der Waals surface area contributed by atoms with Crippen LogP contribution in [0.1, 0.15) is 0 Å². The minimum Gasteiger partial charge on any atom is -0.450 e. The molecule has 0 atom stereocenters. The van der Waals surface area contributed by atoms with Gasteiger partial charge in [-0.1, -0.05) is 30.3 Å². The van der Waals surface area contributed by atoms with Crippen LogP contribution in [0, 0.1) is 0 Å². The van der Waals surface area contributed by atoms with Crippen LogP contribution in [0.4, 0.5) is 0 Å². The molecule has 2 aromatic carbocycles. The summed E-state index contributed by atoms with van der Waals surface area (Å²) in [6, 6.07) is 18.1. The zero-order chi connectivity index (χ0) is 14.7. The van der Waals surface area contributed by atoms with E-state index in [1.807, 2.05) is 48.5 Å². The number of rotatable bonds is 3. The molecule has 0 aliphatic heterocycles. The largest absolute Gasteiger partial charge is 0.450 e. The monoisotopic (exact) mass is 342 g/mol. The van der Waals surface area contributed by atoms with Crippen molar-refractivity contribution < 1.29 is 4.74 Å². The highest BCUT2D eigenvalue weighted by Crippen LogP contribution is 2.27. The van der Waals surface area contributed by atoms with Gasteiger partial charge in [0.2, 0.25) is 0 Å². The molecule has 104 valence electrons. The van der Waals surface area contributed by atoms with Crippen LogP contribution < -0.4 is 10.3 Å². The molecular formula is C16H11BrN2O2. The van der Waals surface area contributed by atoms with E-state index in [1.54, 1.807) is 18.3 Å². The van der Waals surface area contributed by atoms with Crippen LogP contribution in [0.2, 0.25) is 0 Å². The first-order valence-corrected chi connectivity index (χ1v) is 7.11. The molecule has 5 heteroatoms. The average molecular weight is 343 g/mol. The van der Waals surface area contributed by atoms with E-state index in [0.717, 1.165) is 4.47 Å². The Kier molecular flexibility index (Phi) is 3.83. The SMILES string of the molecule is O=c1c(Oc2ccccc2Br)ccnn1-c1ccccc1. The fourth-order valence-electron chi connectivity index (χ4n) is 1.87. The molecule has 0 N–H and O–H groups in total. The molecule has 0 fully saturated rings. The van der Waals surface area contributed by atoms with Gasteiger partial charge in [-0.2, -0.15) is 9.78 Å². The van der Waals surface area contributed by atoms with E-state index in [-0.39, 0.29) is 11.3 Å². The zero-order valence-electron chi connectivity index (χ0n) is 10.9. The van der Waals surface area contributed by atoms with Crippen LogP contribution in [0.5, 0.6) is 11.5 Å². The number of halogens is 1. The van der Waals surface area contributed by atoms with Crippen molar-refractivity contribution in [3.63, 3.8) is 0 Å². The fraction of sp³-hybridized carbons (Fsp3) is 0. The molecule has 4 nitrogen and oxygen atoms in total. The van der Waals surface area contributed by atoms with Crippen molar-refractivity contribution in [1.82, 2.24) is 9.78 Å². The topological polar surface area (TPSA) is 44.1 Å². The van der Waals surface area contributed by atoms with E-state index in [0.29, 0.717) is 11.4 Å². The number of aromatic nitrogens is 2. The highest BCUT2D eigenvalue weighted by Gasteiger charge is 2.09. The Morgan fingerprint density at radius 1 is 0.905 bits per heavy atom. The third-order valence-corrected chi connectivity index (χ3v) is 3.52. The lowest BCUT2D eigenvalue weighted by Gasteiger charge is -2.09. The minimum absolute atomic E-state index is 0.223. The third-order valence-electron chi connectivity index (χ3n) is 2.87. The van der Waals surface area contributed by atoms with Crippen LogP contribution in [0.3, 0.4) is 0 Å². The van der Waals surface area contributed by atoms with E-state index in [2.05, 4.69) is 21.0 Å². The molecule has 1 heterocycles. The maximum atomic E-state index is 12.4. The highest BCUT2D eigenvalue weighted by atomic mass is 79.9. The molecule has 0 bridgehead atoms. The molecule has 0 amide bonds. The van der Waals surface area contributed by atoms with Crippen molar-refractivity contribution in [3.05, 3.63) is 81.7 Å². The second kappa shape index (κ2) is 5.93. The van der Waals surface area contributed by atoms with E-state index < -0.39 is 0 Å². The molecule has 3 aromatic rings. The highest BCUT2D eigenvalue weighted by molar-refractivity contribution is 9.10. The van der Waals surface area contributed by atoms with Gasteiger partial charge < -0.3 is 4.74 Å². The summed E-state index contributed by atoms with van der Waals surface area (Å²) < 4.78 is 7.78. The molecule has 0 aliphatic carbocycles. The van der Waals surface area contributed by atoms with Crippen molar-refractivity contribution >= 4 is 15.9 Å². The van der Waals surface area contributed by atoms with Crippen LogP contribution >= 0.6 is 15.9 Å². The van der Waals surface area contributed by atoms with Crippen molar-refractivity contribution in [2.75, 3.05) is 0 Å². The van der Waals surface area contributed by atoms with Crippen LogP contribution in [-0.2, 0) is 0 Å². The molecule has 0 unspecified atom stereocenters. The Morgan fingerprint density at radius 3 is 2.38 bits per heavy atom. The van der Waals surface area contributed by atoms with Crippen LogP contribution in [-0.4, -0.2) is 9.78 Å². The number of hydrogen-bond donors (Lipinski definition) is 0. The van der Waals surface area contributed by atoms with E-state index in [9.17, 15) is 4.79 Å². The molecule has 0 aliphatic rings. The molecular weight excluding hydrogens is 332 g/mol. The number of hydrogen-bond acceptors (Lipinski definition) is 3. The Morgan fingerprint density at radius 2 is 1.62 bits per heavy atom. The molecule has 0 spiro atoms. The summed E-state index contributed by atoms with van der Waals surface area (Å²) in [5, 5.41) is 4.09. The maximum Gasteiger partial charge on any atom is 0.314 e. The van der Waals surface area contributed by atoms with Gasteiger partial charge in [0.25, 0.3) is 0 Å². The van der Waals surface area contributed by atoms with E-state index >= 15 is 0 Å². The van der Waals surface area contributed by atoms with Crippen molar-refractivity contribution in [2.45, 2.75) is 0 Å². The standard InChI is InChI=1S/C16H11BrN2O2/c17-13-8-4-5-9-14(13)21-15-10-11-18-19(16(15)20)12-6-2-1-3-7-12/h1-11H. The first-order valence-electron chi connectivity index (χ1n) is 6.32. The summed E-state index contributed by atoms with van der Waals surface area (Å²) >= 11 is 3.39. The normalized spacial score (nSPS) is 10.3. The molecule has 1 aromatic heterocycles. The van der Waals surface area contributed by atoms with Gasteiger partial charge in [-0.05, 0) is 40.2 Å². The van der Waals surface area contributed by atoms with Crippen molar-refractivity contribution in [3.8, 4) is 17.2 Å². The van der Waals surface area contributed by atoms with Crippen molar-refractivity contribution in [1.29, 1.82) is 0 Å². The van der Waals surface area contributed by atoms with Crippen LogP contribution in [0.25, 0.3) is 5.69 Å². The number of benzene rings is 2. The number of nitrogens with zero attached hydrogens (tertiary/aromatic N) is 2. The third kappa shape index (κ3) is 2.87. The van der Waals surface area contributed by atoms with E-state index in [1.165, 1.54) is 4.68 Å². The Balaban J connectivity index is 2.02. The summed E-state index contributed by atoms with van der Waals surface area (Å²) in [5.41, 5.74) is 0.388. The zero-order valence-corrected chi connectivity index (χ0v) is 12.5. The van der Waals surface area contributed by atoms with Gasteiger partial charge in [0.05, 0.1) is 16.4 Å². The van der Waals surface area contributed by atoms with Gasteiger partial charge in [-0.3, -0.25) is 4.79 Å². The molecule has 0 saturated carbocycles. The summed E-state index contributed by atoms with van der Waals surface area (Å²) in [6.45, 7) is 0. The lowest BCUT2D eigenvalue weighted by atomic mass is 10.3. The molecule has 0 saturated heterocycles. The lowest BCUT2D eigenvalue weighted by Crippen LogP contribution is -2.21. The van der Waals surface area contributed by atoms with Gasteiger partial charge in [0, 0.05) is 6.07 Å². The van der Waals surface area contributed by atoms with Gasteiger partial charge in [0.15, 0.2) is 5.75 Å². The van der Waals surface area contributed by atoms with Gasteiger partial charge >= 0.3 is 5.56 Å². The van der Waals surface area contributed by atoms with Gasteiger partial charge in [-0.15, -0.1) is 0 Å². The number of ether oxygens (including phenoxy) is 1. The summed E-state index contributed by atoms with van der Waals surface area (Å²) in [4.78, 5) is 12.4. The first kappa shape index (κ1) is 13.6.